The van der Waals surface area contributed by atoms with Crippen molar-refractivity contribution in [3.05, 3.63) is 22.4 Å². The number of nitrogens with zero attached hydrogens (tertiary/aromatic N) is 3. The van der Waals surface area contributed by atoms with Crippen LogP contribution in [-0.2, 0) is 11.3 Å². The van der Waals surface area contributed by atoms with E-state index >= 15 is 0 Å². The lowest BCUT2D eigenvalue weighted by molar-refractivity contribution is -0.389. The first-order chi connectivity index (χ1) is 10.5. The summed E-state index contributed by atoms with van der Waals surface area (Å²) in [5, 5.41) is 17.5. The zero-order chi connectivity index (χ0) is 15.7. The number of rotatable bonds is 6. The van der Waals surface area contributed by atoms with Crippen molar-refractivity contribution in [2.45, 2.75) is 51.6 Å². The van der Waals surface area contributed by atoms with Crippen LogP contribution in [0.2, 0.25) is 0 Å². The van der Waals surface area contributed by atoms with Crippen molar-refractivity contribution in [2.24, 2.45) is 17.8 Å². The average molecular weight is 306 g/mol. The van der Waals surface area contributed by atoms with Crippen LogP contribution in [0.15, 0.2) is 12.3 Å². The van der Waals surface area contributed by atoms with Gasteiger partial charge in [-0.1, -0.05) is 6.42 Å². The van der Waals surface area contributed by atoms with Gasteiger partial charge in [-0.05, 0) is 48.9 Å². The molecule has 0 radical (unpaired) electrons. The number of amides is 1. The van der Waals surface area contributed by atoms with Crippen LogP contribution in [0.1, 0.15) is 39.0 Å². The molecule has 2 bridgehead atoms. The Morgan fingerprint density at radius 1 is 1.55 bits per heavy atom. The predicted molar refractivity (Wildman–Crippen MR) is 80.0 cm³/mol. The molecule has 120 valence electrons. The van der Waals surface area contributed by atoms with Gasteiger partial charge in [-0.3, -0.25) is 4.79 Å². The average Bonchev–Trinajstić information content (AvgIpc) is 3.20. The number of fused-ring (bicyclic) bond motifs is 2. The van der Waals surface area contributed by atoms with Crippen LogP contribution in [0, 0.1) is 27.9 Å². The smallest absolute Gasteiger partial charge is 0.358 e. The molecule has 3 rings (SSSR count). The molecule has 7 nitrogen and oxygen atoms in total. The number of carbonyl (C=O) groups excluding carboxylic acids is 1. The fourth-order valence-corrected chi connectivity index (χ4v) is 4.13. The predicted octanol–water partition coefficient (Wildman–Crippen LogP) is 2.12. The maximum absolute atomic E-state index is 12.0. The van der Waals surface area contributed by atoms with E-state index in [1.54, 1.807) is 0 Å². The van der Waals surface area contributed by atoms with E-state index in [0.29, 0.717) is 18.9 Å². The Kier molecular flexibility index (Phi) is 4.13. The zero-order valence-electron chi connectivity index (χ0n) is 12.8. The summed E-state index contributed by atoms with van der Waals surface area (Å²) in [6, 6.07) is 1.56. The second kappa shape index (κ2) is 6.06. The first-order valence-electron chi connectivity index (χ1n) is 8.00. The first kappa shape index (κ1) is 15.0. The summed E-state index contributed by atoms with van der Waals surface area (Å²) in [6.45, 7) is 2.46. The maximum Gasteiger partial charge on any atom is 0.389 e. The Labute approximate surface area is 129 Å². The number of nitrogens with one attached hydrogen (secondary N) is 1. The van der Waals surface area contributed by atoms with Crippen LogP contribution in [0.25, 0.3) is 0 Å². The van der Waals surface area contributed by atoms with Gasteiger partial charge in [0.2, 0.25) is 5.91 Å². The molecule has 0 aromatic carbocycles. The minimum Gasteiger partial charge on any atom is -0.358 e. The van der Waals surface area contributed by atoms with Crippen LogP contribution < -0.4 is 5.32 Å². The molecule has 0 spiro atoms. The quantitative estimate of drug-likeness (QED) is 0.644. The van der Waals surface area contributed by atoms with E-state index in [1.807, 2.05) is 0 Å². The number of aromatic nitrogens is 2. The van der Waals surface area contributed by atoms with Gasteiger partial charge in [0.15, 0.2) is 0 Å². The molecular formula is C15H22N4O3. The fourth-order valence-electron chi connectivity index (χ4n) is 4.13. The molecule has 4 atom stereocenters. The summed E-state index contributed by atoms with van der Waals surface area (Å²) in [5.41, 5.74) is 0. The summed E-state index contributed by atoms with van der Waals surface area (Å²) >= 11 is 0. The van der Waals surface area contributed by atoms with Crippen molar-refractivity contribution in [3.8, 4) is 0 Å². The van der Waals surface area contributed by atoms with E-state index < -0.39 is 4.92 Å². The van der Waals surface area contributed by atoms with Crippen LogP contribution in [0.4, 0.5) is 5.82 Å². The third-order valence-corrected chi connectivity index (χ3v) is 5.21. The molecule has 22 heavy (non-hydrogen) atoms. The Morgan fingerprint density at radius 2 is 2.36 bits per heavy atom. The van der Waals surface area contributed by atoms with Gasteiger partial charge in [-0.25, -0.2) is 0 Å². The molecule has 2 saturated carbocycles. The highest BCUT2D eigenvalue weighted by molar-refractivity contribution is 5.76. The van der Waals surface area contributed by atoms with E-state index in [2.05, 4.69) is 17.3 Å². The van der Waals surface area contributed by atoms with Gasteiger partial charge in [0, 0.05) is 12.5 Å². The van der Waals surface area contributed by atoms with Gasteiger partial charge in [0.1, 0.15) is 0 Å². The molecule has 0 saturated heterocycles. The molecule has 4 unspecified atom stereocenters. The number of aryl methyl sites for hydroxylation is 1. The van der Waals surface area contributed by atoms with E-state index in [9.17, 15) is 14.9 Å². The maximum atomic E-state index is 12.0. The number of nitro groups is 1. The van der Waals surface area contributed by atoms with Crippen molar-refractivity contribution in [1.82, 2.24) is 15.1 Å². The van der Waals surface area contributed by atoms with Crippen LogP contribution in [0.3, 0.4) is 0 Å². The zero-order valence-corrected chi connectivity index (χ0v) is 12.8. The Morgan fingerprint density at radius 3 is 2.95 bits per heavy atom. The SMILES string of the molecule is CC(NC(=O)CCn1ccc([N+](=O)[O-])n1)C1CC2CCC1C2. The number of hydrogen-bond donors (Lipinski definition) is 1. The Balaban J connectivity index is 1.45. The highest BCUT2D eigenvalue weighted by Crippen LogP contribution is 2.49. The first-order valence-corrected chi connectivity index (χ1v) is 8.00. The van der Waals surface area contributed by atoms with Crippen LogP contribution in [0.5, 0.6) is 0 Å². The Bertz CT molecular complexity index is 571. The Hall–Kier alpha value is -1.92. The standard InChI is InChI=1S/C15H22N4O3/c1-10(13-9-11-2-3-12(13)8-11)16-15(20)5-7-18-6-4-14(17-18)19(21)22/h4,6,10-13H,2-3,5,7-9H2,1H3,(H,16,20). The minimum atomic E-state index is -0.534. The lowest BCUT2D eigenvalue weighted by Crippen LogP contribution is -2.40. The van der Waals surface area contributed by atoms with E-state index in [1.165, 1.54) is 42.6 Å². The third-order valence-electron chi connectivity index (χ3n) is 5.21. The largest absolute Gasteiger partial charge is 0.389 e. The van der Waals surface area contributed by atoms with Crippen molar-refractivity contribution < 1.29 is 9.72 Å². The van der Waals surface area contributed by atoms with E-state index in [4.69, 9.17) is 0 Å². The highest BCUT2D eigenvalue weighted by atomic mass is 16.6. The molecule has 1 amide bonds. The number of hydrogen-bond acceptors (Lipinski definition) is 4. The lowest BCUT2D eigenvalue weighted by Gasteiger charge is -2.28. The highest BCUT2D eigenvalue weighted by Gasteiger charge is 2.42. The molecule has 7 heteroatoms. The van der Waals surface area contributed by atoms with Crippen molar-refractivity contribution in [2.75, 3.05) is 0 Å². The van der Waals surface area contributed by atoms with Gasteiger partial charge in [0.05, 0.1) is 23.9 Å². The monoisotopic (exact) mass is 306 g/mol. The second-order valence-corrected chi connectivity index (χ2v) is 6.64. The van der Waals surface area contributed by atoms with Gasteiger partial charge >= 0.3 is 5.82 Å². The molecule has 1 N–H and O–H groups in total. The third kappa shape index (κ3) is 3.13. The second-order valence-electron chi connectivity index (χ2n) is 6.64. The summed E-state index contributed by atoms with van der Waals surface area (Å²) < 4.78 is 1.44. The van der Waals surface area contributed by atoms with Crippen molar-refractivity contribution >= 4 is 11.7 Å². The lowest BCUT2D eigenvalue weighted by atomic mass is 9.84. The molecule has 1 aromatic rings. The minimum absolute atomic E-state index is 0.00609. The normalized spacial score (nSPS) is 27.8. The van der Waals surface area contributed by atoms with E-state index in [0.717, 1.165) is 11.8 Å². The van der Waals surface area contributed by atoms with Crippen molar-refractivity contribution in [1.29, 1.82) is 0 Å². The number of carbonyl (C=O) groups is 1. The molecule has 2 aliphatic carbocycles. The van der Waals surface area contributed by atoms with Gasteiger partial charge < -0.3 is 15.4 Å². The summed E-state index contributed by atoms with van der Waals surface area (Å²) in [6.07, 6.45) is 7.08. The molecule has 0 aliphatic heterocycles. The van der Waals surface area contributed by atoms with Crippen molar-refractivity contribution in [3.63, 3.8) is 0 Å². The van der Waals surface area contributed by atoms with Gasteiger partial charge in [-0.2, -0.15) is 4.68 Å². The fraction of sp³-hybridized carbons (Fsp3) is 0.733. The summed E-state index contributed by atoms with van der Waals surface area (Å²) in [7, 11) is 0. The summed E-state index contributed by atoms with van der Waals surface area (Å²) in [5.74, 6) is 2.09. The van der Waals surface area contributed by atoms with Gasteiger partial charge in [0.25, 0.3) is 0 Å². The molecule has 1 heterocycles. The topological polar surface area (TPSA) is 90.1 Å². The van der Waals surface area contributed by atoms with Crippen LogP contribution in [-0.4, -0.2) is 26.7 Å². The molecule has 1 aromatic heterocycles. The van der Waals surface area contributed by atoms with E-state index in [-0.39, 0.29) is 17.8 Å². The molecular weight excluding hydrogens is 284 g/mol. The summed E-state index contributed by atoms with van der Waals surface area (Å²) in [4.78, 5) is 22.1. The molecule has 2 fully saturated rings. The molecule has 2 aliphatic rings. The van der Waals surface area contributed by atoms with Gasteiger partial charge in [-0.15, -0.1) is 0 Å². The van der Waals surface area contributed by atoms with Crippen LogP contribution >= 0.6 is 0 Å².